The minimum absolute atomic E-state index is 0.699. The van der Waals surface area contributed by atoms with E-state index in [4.69, 9.17) is 4.74 Å². The quantitative estimate of drug-likeness (QED) is 0.416. The van der Waals surface area contributed by atoms with Gasteiger partial charge in [-0.2, -0.15) is 0 Å². The summed E-state index contributed by atoms with van der Waals surface area (Å²) in [6, 6.07) is 0. The summed E-state index contributed by atoms with van der Waals surface area (Å²) in [5, 5.41) is 1.02. The van der Waals surface area contributed by atoms with Gasteiger partial charge in [-0.1, -0.05) is 19.7 Å². The predicted molar refractivity (Wildman–Crippen MR) is 39.6 cm³/mol. The third kappa shape index (κ3) is 2.85. The molecule has 1 nitrogen and oxygen atoms in total. The van der Waals surface area contributed by atoms with Crippen LogP contribution in [0.1, 0.15) is 6.92 Å². The lowest BCUT2D eigenvalue weighted by atomic mass is 10.9. The maximum absolute atomic E-state index is 5.17. The molecule has 0 amide bonds. The summed E-state index contributed by atoms with van der Waals surface area (Å²) in [6.45, 7) is 11.0. The fraction of sp³-hybridized carbons (Fsp3) is 0.667. The van der Waals surface area contributed by atoms with Crippen molar-refractivity contribution in [3.05, 3.63) is 12.0 Å². The molecule has 0 aromatic rings. The molecular formula is C6H14OSi. The van der Waals surface area contributed by atoms with Crippen molar-refractivity contribution in [2.24, 2.45) is 0 Å². The average Bonchev–Trinajstić information content (AvgIpc) is 1.67. The van der Waals surface area contributed by atoms with Gasteiger partial charge < -0.3 is 4.74 Å². The predicted octanol–water partition coefficient (Wildman–Crippen LogP) is 1.56. The van der Waals surface area contributed by atoms with Crippen molar-refractivity contribution in [3.8, 4) is 0 Å². The molecule has 0 unspecified atom stereocenters. The first-order chi connectivity index (χ1) is 3.68. The third-order valence-electron chi connectivity index (χ3n) is 0.974. The van der Waals surface area contributed by atoms with Gasteiger partial charge in [-0.05, 0) is 6.92 Å². The van der Waals surface area contributed by atoms with Crippen molar-refractivity contribution in [1.82, 2.24) is 0 Å². The van der Waals surface area contributed by atoms with Gasteiger partial charge in [-0.3, -0.25) is 0 Å². The van der Waals surface area contributed by atoms with Gasteiger partial charge in [0.05, 0.1) is 12.0 Å². The molecule has 0 N–H and O–H groups in total. The summed E-state index contributed by atoms with van der Waals surface area (Å²) in [6.07, 6.45) is 0. The van der Waals surface area contributed by atoms with Crippen LogP contribution >= 0.6 is 0 Å². The minimum Gasteiger partial charge on any atom is -0.504 e. The normalized spacial score (nSPS) is 9.50. The first kappa shape index (κ1) is 7.76. The fourth-order valence-corrected chi connectivity index (χ4v) is 0.852. The van der Waals surface area contributed by atoms with E-state index in [1.807, 2.05) is 6.92 Å². The molecule has 0 saturated carbocycles. The van der Waals surface area contributed by atoms with Gasteiger partial charge in [-0.25, -0.2) is 0 Å². The number of rotatable bonds is 3. The average molecular weight is 130 g/mol. The molecule has 2 heteroatoms. The molecule has 0 heterocycles. The van der Waals surface area contributed by atoms with E-state index in [1.165, 1.54) is 0 Å². The molecular weight excluding hydrogens is 116 g/mol. The molecule has 0 rings (SSSR count). The van der Waals surface area contributed by atoms with Gasteiger partial charge >= 0.3 is 0 Å². The molecule has 0 aliphatic rings. The Morgan fingerprint density at radius 2 is 2.12 bits per heavy atom. The Kier molecular flexibility index (Phi) is 3.61. The second-order valence-corrected chi connectivity index (χ2v) is 5.01. The Hall–Kier alpha value is -0.243. The fourth-order valence-electron chi connectivity index (χ4n) is 0.352. The molecule has 0 spiro atoms. The molecule has 0 aromatic heterocycles. The van der Waals surface area contributed by atoms with E-state index in [1.54, 1.807) is 0 Å². The largest absolute Gasteiger partial charge is 0.504 e. The van der Waals surface area contributed by atoms with Crippen LogP contribution in [0, 0.1) is 0 Å². The summed E-state index contributed by atoms with van der Waals surface area (Å²) >= 11 is 0. The second kappa shape index (κ2) is 3.72. The topological polar surface area (TPSA) is 9.23 Å². The maximum atomic E-state index is 5.17. The smallest absolute Gasteiger partial charge is 0.108 e. The zero-order valence-corrected chi connectivity index (χ0v) is 7.05. The van der Waals surface area contributed by atoms with Gasteiger partial charge in [-0.15, -0.1) is 0 Å². The molecule has 0 fully saturated rings. The monoisotopic (exact) mass is 130 g/mol. The summed E-state index contributed by atoms with van der Waals surface area (Å²) in [4.78, 5) is 0. The van der Waals surface area contributed by atoms with Crippen molar-refractivity contribution in [1.29, 1.82) is 0 Å². The van der Waals surface area contributed by atoms with E-state index in [2.05, 4.69) is 19.7 Å². The summed E-state index contributed by atoms with van der Waals surface area (Å²) in [5.74, 6) is 0. The van der Waals surface area contributed by atoms with E-state index in [-0.39, 0.29) is 0 Å². The summed E-state index contributed by atoms with van der Waals surface area (Å²) < 4.78 is 5.17. The number of hydrogen-bond acceptors (Lipinski definition) is 1. The van der Waals surface area contributed by atoms with E-state index in [9.17, 15) is 0 Å². The zero-order valence-electron chi connectivity index (χ0n) is 5.90. The minimum atomic E-state index is -0.699. The van der Waals surface area contributed by atoms with Crippen molar-refractivity contribution >= 4 is 8.80 Å². The molecule has 48 valence electrons. The molecule has 0 radical (unpaired) electrons. The van der Waals surface area contributed by atoms with Gasteiger partial charge in [0.25, 0.3) is 0 Å². The Balaban J connectivity index is 3.33. The molecule has 0 atom stereocenters. The Bertz CT molecular complexity index is 78.6. The lowest BCUT2D eigenvalue weighted by Gasteiger charge is -2.07. The highest BCUT2D eigenvalue weighted by atomic mass is 28.3. The molecule has 0 saturated heterocycles. The van der Waals surface area contributed by atoms with Crippen LogP contribution in [0.25, 0.3) is 0 Å². The molecule has 0 bridgehead atoms. The van der Waals surface area contributed by atoms with Crippen molar-refractivity contribution in [2.75, 3.05) is 6.61 Å². The SMILES string of the molecule is C=C(OCC)[SiH](C)C. The highest BCUT2D eigenvalue weighted by molar-refractivity contribution is 6.63. The van der Waals surface area contributed by atoms with E-state index >= 15 is 0 Å². The maximum Gasteiger partial charge on any atom is 0.108 e. The Morgan fingerprint density at radius 3 is 2.25 bits per heavy atom. The summed E-state index contributed by atoms with van der Waals surface area (Å²) in [7, 11) is -0.699. The van der Waals surface area contributed by atoms with Gasteiger partial charge in [0.2, 0.25) is 0 Å². The van der Waals surface area contributed by atoms with Crippen LogP contribution in [0.15, 0.2) is 12.0 Å². The number of hydrogen-bond donors (Lipinski definition) is 0. The Labute approximate surface area is 53.0 Å². The zero-order chi connectivity index (χ0) is 6.57. The highest BCUT2D eigenvalue weighted by Gasteiger charge is 1.99. The van der Waals surface area contributed by atoms with Crippen molar-refractivity contribution in [3.63, 3.8) is 0 Å². The third-order valence-corrected chi connectivity index (χ3v) is 2.43. The van der Waals surface area contributed by atoms with E-state index < -0.39 is 8.80 Å². The Morgan fingerprint density at radius 1 is 1.62 bits per heavy atom. The van der Waals surface area contributed by atoms with E-state index in [0.717, 1.165) is 12.0 Å². The first-order valence-electron chi connectivity index (χ1n) is 3.00. The van der Waals surface area contributed by atoms with Crippen LogP contribution in [0.5, 0.6) is 0 Å². The second-order valence-electron chi connectivity index (χ2n) is 2.05. The van der Waals surface area contributed by atoms with Crippen LogP contribution in [-0.4, -0.2) is 15.4 Å². The van der Waals surface area contributed by atoms with Crippen LogP contribution in [0.4, 0.5) is 0 Å². The van der Waals surface area contributed by atoms with Gasteiger partial charge in [0.1, 0.15) is 8.80 Å². The first-order valence-corrected chi connectivity index (χ1v) is 5.88. The van der Waals surface area contributed by atoms with Crippen LogP contribution in [0.2, 0.25) is 13.1 Å². The standard InChI is InChI=1S/C6H14OSi/c1-5-7-6(2)8(3)4/h8H,2,5H2,1,3-4H3. The highest BCUT2D eigenvalue weighted by Crippen LogP contribution is 1.97. The van der Waals surface area contributed by atoms with Gasteiger partial charge in [0.15, 0.2) is 0 Å². The lowest BCUT2D eigenvalue weighted by Crippen LogP contribution is -2.07. The van der Waals surface area contributed by atoms with Crippen molar-refractivity contribution < 1.29 is 4.74 Å². The lowest BCUT2D eigenvalue weighted by molar-refractivity contribution is 0.253. The molecule has 8 heavy (non-hydrogen) atoms. The van der Waals surface area contributed by atoms with Gasteiger partial charge in [0, 0.05) is 0 Å². The number of ether oxygens (including phenoxy) is 1. The van der Waals surface area contributed by atoms with Crippen LogP contribution in [-0.2, 0) is 4.74 Å². The summed E-state index contributed by atoms with van der Waals surface area (Å²) in [5.41, 5.74) is 0. The van der Waals surface area contributed by atoms with E-state index in [0.29, 0.717) is 0 Å². The molecule has 0 aromatic carbocycles. The van der Waals surface area contributed by atoms with Crippen molar-refractivity contribution in [2.45, 2.75) is 20.0 Å². The van der Waals surface area contributed by atoms with Crippen LogP contribution < -0.4 is 0 Å². The van der Waals surface area contributed by atoms with Crippen LogP contribution in [0.3, 0.4) is 0 Å². The molecule has 0 aliphatic heterocycles. The molecule has 0 aliphatic carbocycles.